The number of anilines is 1. The van der Waals surface area contributed by atoms with E-state index < -0.39 is 12.0 Å². The fraction of sp³-hybridized carbons (Fsp3) is 0.333. The number of hydrogen-bond acceptors (Lipinski definition) is 7. The zero-order chi connectivity index (χ0) is 22.0. The molecule has 2 aromatic heterocycles. The first-order chi connectivity index (χ1) is 14.3. The lowest BCUT2D eigenvalue weighted by atomic mass is 10.00. The molecule has 0 saturated carbocycles. The molecule has 1 atom stereocenters. The third-order valence-electron chi connectivity index (χ3n) is 4.89. The second-order valence-electron chi connectivity index (χ2n) is 6.90. The topological polar surface area (TPSA) is 106 Å². The molecule has 2 N–H and O–H groups in total. The Kier molecular flexibility index (Phi) is 6.38. The van der Waals surface area contributed by atoms with Gasteiger partial charge in [-0.1, -0.05) is 24.6 Å². The molecule has 0 aliphatic rings. The first-order valence-electron chi connectivity index (χ1n) is 9.43. The monoisotopic (exact) mass is 430 g/mol. The summed E-state index contributed by atoms with van der Waals surface area (Å²) in [7, 11) is 2.94. The number of carbonyl (C=O) groups excluding carboxylic acids is 1. The van der Waals surface area contributed by atoms with Crippen LogP contribution >= 0.6 is 11.6 Å². The maximum Gasteiger partial charge on any atom is 0.358 e. The van der Waals surface area contributed by atoms with Gasteiger partial charge in [0.1, 0.15) is 11.0 Å². The second kappa shape index (κ2) is 8.81. The predicted molar refractivity (Wildman–Crippen MR) is 115 cm³/mol. The molecule has 0 amide bonds. The van der Waals surface area contributed by atoms with E-state index >= 15 is 0 Å². The number of methoxy groups -OCH3 is 1. The van der Waals surface area contributed by atoms with Gasteiger partial charge in [0.2, 0.25) is 0 Å². The van der Waals surface area contributed by atoms with Gasteiger partial charge in [0.25, 0.3) is 5.56 Å². The van der Waals surface area contributed by atoms with Gasteiger partial charge in [0.15, 0.2) is 5.69 Å². The highest BCUT2D eigenvalue weighted by Crippen LogP contribution is 2.28. The molecule has 0 bridgehead atoms. The minimum Gasteiger partial charge on any atom is -0.464 e. The van der Waals surface area contributed by atoms with Crippen molar-refractivity contribution in [2.75, 3.05) is 19.0 Å². The van der Waals surface area contributed by atoms with Gasteiger partial charge in [0, 0.05) is 19.0 Å². The fourth-order valence-corrected chi connectivity index (χ4v) is 3.54. The molecule has 8 nitrogen and oxygen atoms in total. The van der Waals surface area contributed by atoms with Gasteiger partial charge >= 0.3 is 5.97 Å². The van der Waals surface area contributed by atoms with Crippen molar-refractivity contribution in [1.82, 2.24) is 14.5 Å². The van der Waals surface area contributed by atoms with E-state index in [1.54, 1.807) is 19.2 Å². The van der Waals surface area contributed by atoms with Crippen molar-refractivity contribution in [2.24, 2.45) is 7.05 Å². The number of esters is 1. The summed E-state index contributed by atoms with van der Waals surface area (Å²) >= 11 is 5.93. The Balaban J connectivity index is 2.18. The van der Waals surface area contributed by atoms with E-state index in [2.05, 4.69) is 15.3 Å². The summed E-state index contributed by atoms with van der Waals surface area (Å²) in [5.74, 6) is -0.0243. The number of aryl methyl sites for hydroxylation is 2. The van der Waals surface area contributed by atoms with E-state index in [1.165, 1.54) is 17.7 Å². The van der Waals surface area contributed by atoms with Crippen LogP contribution in [-0.4, -0.2) is 39.3 Å². The van der Waals surface area contributed by atoms with Crippen LogP contribution in [0.25, 0.3) is 10.9 Å². The van der Waals surface area contributed by atoms with Crippen molar-refractivity contribution < 1.29 is 14.6 Å². The standard InChI is InChI=1S/C21H23ClN4O4/c1-5-17-25-18-12(8-11(2)9-13(18)20(28)26(17)3)15(10-27)23-14-6-7-16(22)24-19(14)21(29)30-4/h6-9,15,23,27H,5,10H2,1-4H3. The van der Waals surface area contributed by atoms with Crippen molar-refractivity contribution in [3.8, 4) is 0 Å². The molecular formula is C21H23ClN4O4. The summed E-state index contributed by atoms with van der Waals surface area (Å²) in [5.41, 5.74) is 2.20. The smallest absolute Gasteiger partial charge is 0.358 e. The van der Waals surface area contributed by atoms with Gasteiger partial charge in [-0.05, 0) is 30.7 Å². The third-order valence-corrected chi connectivity index (χ3v) is 5.10. The van der Waals surface area contributed by atoms with Gasteiger partial charge in [-0.2, -0.15) is 0 Å². The molecule has 158 valence electrons. The van der Waals surface area contributed by atoms with Crippen molar-refractivity contribution >= 4 is 34.2 Å². The average Bonchev–Trinajstić information content (AvgIpc) is 2.74. The van der Waals surface area contributed by atoms with Crippen LogP contribution in [0.15, 0.2) is 29.1 Å². The number of nitrogens with zero attached hydrogens (tertiary/aromatic N) is 3. The van der Waals surface area contributed by atoms with E-state index in [0.29, 0.717) is 34.4 Å². The van der Waals surface area contributed by atoms with E-state index in [0.717, 1.165) is 5.56 Å². The van der Waals surface area contributed by atoms with Gasteiger partial charge in [-0.25, -0.2) is 14.8 Å². The average molecular weight is 431 g/mol. The van der Waals surface area contributed by atoms with Crippen LogP contribution in [0, 0.1) is 6.92 Å². The van der Waals surface area contributed by atoms with Crippen LogP contribution in [0.1, 0.15) is 40.4 Å². The first kappa shape index (κ1) is 21.7. The Hall–Kier alpha value is -2.97. The van der Waals surface area contributed by atoms with Gasteiger partial charge in [-0.15, -0.1) is 0 Å². The molecule has 1 aromatic carbocycles. The molecule has 9 heteroatoms. The Morgan fingerprint density at radius 3 is 2.70 bits per heavy atom. The quantitative estimate of drug-likeness (QED) is 0.457. The Morgan fingerprint density at radius 2 is 2.07 bits per heavy atom. The van der Waals surface area contributed by atoms with E-state index in [9.17, 15) is 14.7 Å². The zero-order valence-electron chi connectivity index (χ0n) is 17.2. The molecule has 3 rings (SSSR count). The lowest BCUT2D eigenvalue weighted by Gasteiger charge is -2.21. The van der Waals surface area contributed by atoms with E-state index in [-0.39, 0.29) is 23.0 Å². The molecule has 0 aliphatic heterocycles. The van der Waals surface area contributed by atoms with Crippen LogP contribution in [0.2, 0.25) is 5.15 Å². The SMILES string of the molecule is CCc1nc2c(C(CO)Nc3ccc(Cl)nc3C(=O)OC)cc(C)cc2c(=O)n1C. The molecule has 3 aromatic rings. The summed E-state index contributed by atoms with van der Waals surface area (Å²) in [5, 5.41) is 13.9. The fourth-order valence-electron chi connectivity index (χ4n) is 3.39. The highest BCUT2D eigenvalue weighted by molar-refractivity contribution is 6.29. The molecule has 30 heavy (non-hydrogen) atoms. The number of rotatable bonds is 6. The van der Waals surface area contributed by atoms with Gasteiger partial charge in [-0.3, -0.25) is 9.36 Å². The third kappa shape index (κ3) is 4.01. The number of benzene rings is 1. The number of carbonyl (C=O) groups is 1. The van der Waals surface area contributed by atoms with Gasteiger partial charge < -0.3 is 15.2 Å². The number of aliphatic hydroxyl groups excluding tert-OH is 1. The predicted octanol–water partition coefficient (Wildman–Crippen LogP) is 2.78. The lowest BCUT2D eigenvalue weighted by molar-refractivity contribution is 0.0595. The normalized spacial score (nSPS) is 12.1. The Labute approximate surface area is 178 Å². The number of aliphatic hydroxyl groups is 1. The summed E-state index contributed by atoms with van der Waals surface area (Å²) in [4.78, 5) is 33.7. The van der Waals surface area contributed by atoms with Crippen molar-refractivity contribution in [3.63, 3.8) is 0 Å². The highest BCUT2D eigenvalue weighted by Gasteiger charge is 2.22. The number of fused-ring (bicyclic) bond motifs is 1. The number of hydrogen-bond donors (Lipinski definition) is 2. The van der Waals surface area contributed by atoms with Crippen LogP contribution in [0.5, 0.6) is 0 Å². The van der Waals surface area contributed by atoms with Crippen LogP contribution < -0.4 is 10.9 Å². The van der Waals surface area contributed by atoms with Crippen LogP contribution in [0.4, 0.5) is 5.69 Å². The van der Waals surface area contributed by atoms with Crippen LogP contribution in [-0.2, 0) is 18.2 Å². The Bertz CT molecular complexity index is 1180. The zero-order valence-corrected chi connectivity index (χ0v) is 17.9. The maximum atomic E-state index is 12.9. The molecule has 0 saturated heterocycles. The molecule has 0 spiro atoms. The van der Waals surface area contributed by atoms with Crippen molar-refractivity contribution in [2.45, 2.75) is 26.3 Å². The minimum absolute atomic E-state index is 0.00136. The number of halogens is 1. The number of ether oxygens (including phenoxy) is 1. The molecule has 0 aliphatic carbocycles. The molecular weight excluding hydrogens is 408 g/mol. The molecule has 0 radical (unpaired) electrons. The highest BCUT2D eigenvalue weighted by atomic mass is 35.5. The summed E-state index contributed by atoms with van der Waals surface area (Å²) < 4.78 is 6.32. The largest absolute Gasteiger partial charge is 0.464 e. The molecule has 1 unspecified atom stereocenters. The summed E-state index contributed by atoms with van der Waals surface area (Å²) in [6, 6.07) is 6.12. The van der Waals surface area contributed by atoms with E-state index in [1.807, 2.05) is 19.9 Å². The second-order valence-corrected chi connectivity index (χ2v) is 7.28. The number of aromatic nitrogens is 3. The number of nitrogens with one attached hydrogen (secondary N) is 1. The summed E-state index contributed by atoms with van der Waals surface area (Å²) in [6.45, 7) is 3.49. The van der Waals surface area contributed by atoms with Crippen molar-refractivity contribution in [1.29, 1.82) is 0 Å². The maximum absolute atomic E-state index is 12.9. The molecule has 0 fully saturated rings. The number of pyridine rings is 1. The lowest BCUT2D eigenvalue weighted by Crippen LogP contribution is -2.24. The van der Waals surface area contributed by atoms with Crippen molar-refractivity contribution in [3.05, 3.63) is 62.4 Å². The first-order valence-corrected chi connectivity index (χ1v) is 9.80. The van der Waals surface area contributed by atoms with E-state index in [4.69, 9.17) is 16.3 Å². The minimum atomic E-state index is -0.661. The summed E-state index contributed by atoms with van der Waals surface area (Å²) in [6.07, 6.45) is 0.583. The van der Waals surface area contributed by atoms with Gasteiger partial charge in [0.05, 0.1) is 36.3 Å². The Morgan fingerprint density at radius 1 is 1.33 bits per heavy atom. The van der Waals surface area contributed by atoms with Crippen LogP contribution in [0.3, 0.4) is 0 Å². The molecule has 2 heterocycles.